The van der Waals surface area contributed by atoms with Crippen molar-refractivity contribution in [3.05, 3.63) is 94.2 Å². The maximum absolute atomic E-state index is 13.8. The van der Waals surface area contributed by atoms with Crippen LogP contribution in [0.25, 0.3) is 22.1 Å². The molecule has 14 nitrogen and oxygen atoms in total. The summed E-state index contributed by atoms with van der Waals surface area (Å²) in [5, 5.41) is 8.95. The van der Waals surface area contributed by atoms with Crippen LogP contribution in [0.1, 0.15) is 64.6 Å². The Morgan fingerprint density at radius 1 is 0.717 bits per heavy atom. The van der Waals surface area contributed by atoms with Gasteiger partial charge in [0.25, 0.3) is 11.8 Å². The van der Waals surface area contributed by atoms with E-state index in [2.05, 4.69) is 59.6 Å². The number of para-hydroxylation sites is 3. The molecule has 1 aliphatic rings. The summed E-state index contributed by atoms with van der Waals surface area (Å²) in [5.41, 5.74) is 9.01. The van der Waals surface area contributed by atoms with Gasteiger partial charge in [0.05, 0.1) is 46.7 Å². The second-order valence-corrected chi connectivity index (χ2v) is 13.7. The molecule has 0 unspecified atom stereocenters. The third kappa shape index (κ3) is 7.08. The highest BCUT2D eigenvalue weighted by molar-refractivity contribution is 5.94. The molecule has 14 heteroatoms. The molecule has 5 heterocycles. The molecule has 1 fully saturated rings. The molecular weight excluding hydrogens is 671 g/mol. The number of ether oxygens (including phenoxy) is 1. The molecule has 1 saturated heterocycles. The van der Waals surface area contributed by atoms with E-state index >= 15 is 0 Å². The van der Waals surface area contributed by atoms with Crippen molar-refractivity contribution in [3.8, 4) is 0 Å². The Morgan fingerprint density at radius 2 is 1.25 bits per heavy atom. The van der Waals surface area contributed by atoms with Gasteiger partial charge in [0.1, 0.15) is 11.4 Å². The fourth-order valence-electron chi connectivity index (χ4n) is 7.51. The lowest BCUT2D eigenvalue weighted by Gasteiger charge is -2.27. The van der Waals surface area contributed by atoms with E-state index in [4.69, 9.17) is 9.73 Å². The molecule has 0 radical (unpaired) electrons. The predicted octanol–water partition coefficient (Wildman–Crippen LogP) is 4.12. The van der Waals surface area contributed by atoms with Gasteiger partial charge in [-0.3, -0.25) is 23.9 Å². The zero-order chi connectivity index (χ0) is 37.2. The molecule has 6 aromatic rings. The second-order valence-electron chi connectivity index (χ2n) is 13.7. The fraction of sp³-hybridized carbons (Fsp3) is 0.436. The van der Waals surface area contributed by atoms with Crippen molar-refractivity contribution >= 4 is 33.9 Å². The third-order valence-corrected chi connectivity index (χ3v) is 10.1. The summed E-state index contributed by atoms with van der Waals surface area (Å²) in [6, 6.07) is 18.1. The van der Waals surface area contributed by atoms with Crippen LogP contribution in [0.3, 0.4) is 0 Å². The van der Waals surface area contributed by atoms with Crippen LogP contribution in [-0.4, -0.2) is 80.8 Å². The van der Waals surface area contributed by atoms with Crippen LogP contribution in [0.15, 0.2) is 64.6 Å². The van der Waals surface area contributed by atoms with E-state index in [-0.39, 0.29) is 11.8 Å². The summed E-state index contributed by atoms with van der Waals surface area (Å²) in [7, 11) is 3.93. The average molecular weight is 720 g/mol. The van der Waals surface area contributed by atoms with Crippen LogP contribution in [0, 0.1) is 13.8 Å². The number of unbranched alkanes of at least 4 members (excludes halogenated alkanes) is 1. The van der Waals surface area contributed by atoms with Gasteiger partial charge in [0.2, 0.25) is 11.2 Å². The molecule has 0 atom stereocenters. The number of fused-ring (bicyclic) bond motifs is 2. The number of nitrogens with zero attached hydrogens (tertiary/aromatic N) is 11. The summed E-state index contributed by atoms with van der Waals surface area (Å²) in [5.74, 6) is -0.634. The quantitative estimate of drug-likeness (QED) is 0.186. The first-order chi connectivity index (χ1) is 25.7. The first-order valence-corrected chi connectivity index (χ1v) is 18.6. The average Bonchev–Trinajstić information content (AvgIpc) is 3.89. The summed E-state index contributed by atoms with van der Waals surface area (Å²) < 4.78 is 17.4. The van der Waals surface area contributed by atoms with Gasteiger partial charge in [-0.25, -0.2) is 0 Å². The topological polar surface area (TPSA) is 127 Å². The normalized spacial score (nSPS) is 14.7. The van der Waals surface area contributed by atoms with E-state index in [1.54, 1.807) is 21.5 Å². The van der Waals surface area contributed by atoms with E-state index in [1.807, 2.05) is 63.1 Å². The van der Waals surface area contributed by atoms with Gasteiger partial charge in [0.15, 0.2) is 0 Å². The zero-order valence-electron chi connectivity index (χ0n) is 31.6. The largest absolute Gasteiger partial charge is 0.379 e. The lowest BCUT2D eigenvalue weighted by molar-refractivity contribution is 0.0343. The van der Waals surface area contributed by atoms with Crippen LogP contribution in [0.4, 0.5) is 0 Å². The Labute approximate surface area is 308 Å². The molecule has 1 aliphatic heterocycles. The van der Waals surface area contributed by atoms with Crippen molar-refractivity contribution in [1.82, 2.24) is 42.7 Å². The number of aryl methyl sites for hydroxylation is 8. The Bertz CT molecular complexity index is 2440. The maximum Gasteiger partial charge on any atom is 0.298 e. The summed E-state index contributed by atoms with van der Waals surface area (Å²) in [6.45, 7) is 14.1. The number of amides is 2. The van der Waals surface area contributed by atoms with E-state index in [0.717, 1.165) is 79.1 Å². The molecule has 4 aromatic heterocycles. The lowest BCUT2D eigenvalue weighted by Crippen LogP contribution is -2.35. The molecule has 2 aromatic carbocycles. The predicted molar refractivity (Wildman–Crippen MR) is 202 cm³/mol. The number of benzene rings is 2. The van der Waals surface area contributed by atoms with Gasteiger partial charge in [-0.15, -0.1) is 0 Å². The highest BCUT2D eigenvalue weighted by Gasteiger charge is 2.20. The van der Waals surface area contributed by atoms with Crippen LogP contribution in [-0.2, 0) is 51.6 Å². The van der Waals surface area contributed by atoms with E-state index < -0.39 is 0 Å². The Hall–Kier alpha value is -5.34. The van der Waals surface area contributed by atoms with Gasteiger partial charge in [0, 0.05) is 59.9 Å². The second kappa shape index (κ2) is 15.3. The maximum atomic E-state index is 13.8. The number of morpholine rings is 1. The summed E-state index contributed by atoms with van der Waals surface area (Å²) in [4.78, 5) is 39.2. The zero-order valence-corrected chi connectivity index (χ0v) is 31.6. The standard InChI is InChI=1S/C39H49N11O3/c1-7-49-33(24-27(3)42-49)36(51)40-38-44(5)30-15-9-10-16-31(30)47(38)18-11-12-19-48-35-29(26-46-20-22-53-23-21-46)14-13-17-32(35)45(6)39(48)41-37(52)34-25-28(4)43-50(34)8-2/h9-10,13-17,24-25H,7-8,11-12,18-23,26H2,1-6H3/b40-38+,41-39+. The number of hydrogen-bond acceptors (Lipinski definition) is 6. The molecule has 0 saturated carbocycles. The third-order valence-electron chi connectivity index (χ3n) is 10.1. The molecule has 2 amide bonds. The molecule has 53 heavy (non-hydrogen) atoms. The Balaban J connectivity index is 1.24. The van der Waals surface area contributed by atoms with Gasteiger partial charge in [-0.05, 0) is 76.4 Å². The van der Waals surface area contributed by atoms with Crippen LogP contribution >= 0.6 is 0 Å². The van der Waals surface area contributed by atoms with Crippen molar-refractivity contribution in [2.75, 3.05) is 26.3 Å². The highest BCUT2D eigenvalue weighted by atomic mass is 16.5. The number of carbonyl (C=O) groups is 2. The summed E-state index contributed by atoms with van der Waals surface area (Å²) >= 11 is 0. The molecule has 0 N–H and O–H groups in total. The van der Waals surface area contributed by atoms with Gasteiger partial charge >= 0.3 is 0 Å². The minimum atomic E-state index is -0.318. The van der Waals surface area contributed by atoms with E-state index in [1.165, 1.54) is 5.56 Å². The molecule has 0 aliphatic carbocycles. The number of hydrogen-bond donors (Lipinski definition) is 0. The van der Waals surface area contributed by atoms with E-state index in [0.29, 0.717) is 48.8 Å². The van der Waals surface area contributed by atoms with Crippen molar-refractivity contribution in [2.24, 2.45) is 24.1 Å². The summed E-state index contributed by atoms with van der Waals surface area (Å²) in [6.07, 6.45) is 1.59. The SMILES string of the molecule is CCn1nc(C)cc1C(=O)/N=c1\n(C)c2ccccc2n1CCCCn1/c(=N/C(=O)c2cc(C)nn2CC)n(C)c2cccc(CN3CCOCC3)c21. The molecule has 7 rings (SSSR count). The van der Waals surface area contributed by atoms with Gasteiger partial charge in [-0.1, -0.05) is 24.3 Å². The van der Waals surface area contributed by atoms with Crippen molar-refractivity contribution in [3.63, 3.8) is 0 Å². The highest BCUT2D eigenvalue weighted by Crippen LogP contribution is 2.22. The van der Waals surface area contributed by atoms with Crippen molar-refractivity contribution in [1.29, 1.82) is 0 Å². The van der Waals surface area contributed by atoms with Crippen molar-refractivity contribution in [2.45, 2.75) is 73.3 Å². The number of rotatable bonds is 11. The minimum Gasteiger partial charge on any atom is -0.379 e. The molecule has 278 valence electrons. The molecule has 0 spiro atoms. The number of carbonyl (C=O) groups excluding carboxylic acids is 2. The van der Waals surface area contributed by atoms with Gasteiger partial charge < -0.3 is 23.0 Å². The lowest BCUT2D eigenvalue weighted by atomic mass is 10.1. The first kappa shape index (κ1) is 36.0. The van der Waals surface area contributed by atoms with Crippen molar-refractivity contribution < 1.29 is 14.3 Å². The first-order valence-electron chi connectivity index (χ1n) is 18.6. The van der Waals surface area contributed by atoms with Gasteiger partial charge in [-0.2, -0.15) is 20.2 Å². The fourth-order valence-corrected chi connectivity index (χ4v) is 7.51. The smallest absolute Gasteiger partial charge is 0.298 e. The number of imidazole rings is 2. The Morgan fingerprint density at radius 3 is 1.85 bits per heavy atom. The monoisotopic (exact) mass is 719 g/mol. The van der Waals surface area contributed by atoms with Crippen LogP contribution < -0.4 is 11.2 Å². The molecular formula is C39H49N11O3. The molecule has 0 bridgehead atoms. The van der Waals surface area contributed by atoms with E-state index in [9.17, 15) is 9.59 Å². The Kier molecular flexibility index (Phi) is 10.4. The minimum absolute atomic E-state index is 0.316. The number of aromatic nitrogens is 8. The van der Waals surface area contributed by atoms with Crippen LogP contribution in [0.2, 0.25) is 0 Å². The van der Waals surface area contributed by atoms with Crippen LogP contribution in [0.5, 0.6) is 0 Å².